The van der Waals surface area contributed by atoms with Crippen LogP contribution in [0.1, 0.15) is 30.5 Å². The summed E-state index contributed by atoms with van der Waals surface area (Å²) in [6.07, 6.45) is 4.09. The van der Waals surface area contributed by atoms with Gasteiger partial charge in [0, 0.05) is 5.56 Å². The van der Waals surface area contributed by atoms with E-state index in [4.69, 9.17) is 4.74 Å². The standard InChI is InChI=1S/C27H26O4/c1-18(2)9-14-23-25(28)16-22(17-26(23)31-3)24(27(29)30)15-19-10-12-21(13-11-19)20-7-5-4-6-8-20/h4-13,15-17,28H,14H2,1-3H3,(H,29,30)/b24-15+. The van der Waals surface area contributed by atoms with Gasteiger partial charge in [0.05, 0.1) is 12.7 Å². The lowest BCUT2D eigenvalue weighted by atomic mass is 9.97. The number of methoxy groups -OCH3 is 1. The molecule has 0 fully saturated rings. The van der Waals surface area contributed by atoms with Gasteiger partial charge in [0.15, 0.2) is 0 Å². The lowest BCUT2D eigenvalue weighted by Crippen LogP contribution is -2.02. The van der Waals surface area contributed by atoms with Crippen molar-refractivity contribution in [2.24, 2.45) is 0 Å². The van der Waals surface area contributed by atoms with Crippen molar-refractivity contribution in [1.29, 1.82) is 0 Å². The maximum Gasteiger partial charge on any atom is 0.336 e. The van der Waals surface area contributed by atoms with E-state index in [1.54, 1.807) is 12.1 Å². The third kappa shape index (κ3) is 5.43. The quantitative estimate of drug-likeness (QED) is 0.274. The first-order valence-electron chi connectivity index (χ1n) is 10.0. The largest absolute Gasteiger partial charge is 0.507 e. The minimum absolute atomic E-state index is 0.0124. The molecule has 0 bridgehead atoms. The predicted molar refractivity (Wildman–Crippen MR) is 125 cm³/mol. The number of rotatable bonds is 7. The first-order valence-corrected chi connectivity index (χ1v) is 10.0. The monoisotopic (exact) mass is 414 g/mol. The average Bonchev–Trinajstić information content (AvgIpc) is 2.76. The molecule has 3 aromatic carbocycles. The van der Waals surface area contributed by atoms with Crippen LogP contribution in [0, 0.1) is 0 Å². The number of hydrogen-bond acceptors (Lipinski definition) is 3. The van der Waals surface area contributed by atoms with Crippen LogP contribution < -0.4 is 4.74 Å². The van der Waals surface area contributed by atoms with E-state index in [0.717, 1.165) is 22.3 Å². The Balaban J connectivity index is 1.98. The molecule has 31 heavy (non-hydrogen) atoms. The van der Waals surface area contributed by atoms with Gasteiger partial charge in [0.25, 0.3) is 0 Å². The molecule has 0 saturated heterocycles. The molecule has 0 amide bonds. The number of aliphatic carboxylic acids is 1. The molecule has 3 rings (SSSR count). The smallest absolute Gasteiger partial charge is 0.336 e. The highest BCUT2D eigenvalue weighted by Crippen LogP contribution is 2.34. The summed E-state index contributed by atoms with van der Waals surface area (Å²) in [4.78, 5) is 12.0. The second-order valence-corrected chi connectivity index (χ2v) is 7.51. The second kappa shape index (κ2) is 9.81. The minimum atomic E-state index is -1.08. The summed E-state index contributed by atoms with van der Waals surface area (Å²) < 4.78 is 5.43. The van der Waals surface area contributed by atoms with Crippen molar-refractivity contribution >= 4 is 17.6 Å². The minimum Gasteiger partial charge on any atom is -0.507 e. The number of carboxylic acid groups (broad SMARTS) is 1. The topological polar surface area (TPSA) is 66.8 Å². The van der Waals surface area contributed by atoms with Crippen molar-refractivity contribution in [3.8, 4) is 22.6 Å². The van der Waals surface area contributed by atoms with Crippen molar-refractivity contribution < 1.29 is 19.7 Å². The Bertz CT molecular complexity index is 1120. The van der Waals surface area contributed by atoms with E-state index >= 15 is 0 Å². The number of ether oxygens (including phenoxy) is 1. The van der Waals surface area contributed by atoms with Gasteiger partial charge in [0.2, 0.25) is 0 Å². The van der Waals surface area contributed by atoms with Gasteiger partial charge >= 0.3 is 5.97 Å². The number of hydrogen-bond donors (Lipinski definition) is 2. The van der Waals surface area contributed by atoms with Crippen LogP contribution >= 0.6 is 0 Å². The van der Waals surface area contributed by atoms with Gasteiger partial charge in [-0.2, -0.15) is 0 Å². The van der Waals surface area contributed by atoms with Gasteiger partial charge in [-0.05, 0) is 60.7 Å². The van der Waals surface area contributed by atoms with E-state index in [9.17, 15) is 15.0 Å². The Labute approximate surface area is 182 Å². The highest BCUT2D eigenvalue weighted by Gasteiger charge is 2.17. The van der Waals surface area contributed by atoms with Gasteiger partial charge in [-0.25, -0.2) is 4.79 Å². The summed E-state index contributed by atoms with van der Waals surface area (Å²) in [5.41, 5.74) is 5.12. The number of carbonyl (C=O) groups is 1. The lowest BCUT2D eigenvalue weighted by molar-refractivity contribution is -0.130. The van der Waals surface area contributed by atoms with Crippen LogP contribution in [-0.4, -0.2) is 23.3 Å². The first kappa shape index (κ1) is 21.9. The SMILES string of the molecule is COc1cc(/C(=C\c2ccc(-c3ccccc3)cc2)C(=O)O)cc(O)c1CC=C(C)C. The fourth-order valence-corrected chi connectivity index (χ4v) is 3.32. The molecule has 158 valence electrons. The van der Waals surface area contributed by atoms with Crippen molar-refractivity contribution in [2.75, 3.05) is 7.11 Å². The van der Waals surface area contributed by atoms with Crippen LogP contribution in [0.5, 0.6) is 11.5 Å². The molecule has 4 heteroatoms. The molecular formula is C27H26O4. The molecule has 0 aliphatic rings. The van der Waals surface area contributed by atoms with Crippen LogP contribution in [0.15, 0.2) is 78.4 Å². The summed E-state index contributed by atoms with van der Waals surface area (Å²) >= 11 is 0. The lowest BCUT2D eigenvalue weighted by Gasteiger charge is -2.13. The average molecular weight is 415 g/mol. The van der Waals surface area contributed by atoms with Gasteiger partial charge < -0.3 is 14.9 Å². The molecular weight excluding hydrogens is 388 g/mol. The summed E-state index contributed by atoms with van der Waals surface area (Å²) in [5, 5.41) is 20.4. The summed E-state index contributed by atoms with van der Waals surface area (Å²) in [6.45, 7) is 3.96. The predicted octanol–water partition coefficient (Wildman–Crippen LogP) is 6.20. The van der Waals surface area contributed by atoms with E-state index in [1.165, 1.54) is 13.2 Å². The molecule has 0 saturated carbocycles. The van der Waals surface area contributed by atoms with Crippen LogP contribution in [-0.2, 0) is 11.2 Å². The second-order valence-electron chi connectivity index (χ2n) is 7.51. The first-order chi connectivity index (χ1) is 14.9. The van der Waals surface area contributed by atoms with Crippen molar-refractivity contribution in [3.63, 3.8) is 0 Å². The molecule has 0 aromatic heterocycles. The summed E-state index contributed by atoms with van der Waals surface area (Å²) in [5.74, 6) is -0.608. The Morgan fingerprint density at radius 3 is 2.19 bits per heavy atom. The molecule has 0 unspecified atom stereocenters. The zero-order valence-electron chi connectivity index (χ0n) is 17.9. The van der Waals surface area contributed by atoms with Gasteiger partial charge in [-0.15, -0.1) is 0 Å². The maximum absolute atomic E-state index is 12.0. The van der Waals surface area contributed by atoms with Crippen molar-refractivity contribution in [3.05, 3.63) is 95.1 Å². The Kier molecular flexibility index (Phi) is 6.93. The highest BCUT2D eigenvalue weighted by atomic mass is 16.5. The molecule has 0 heterocycles. The van der Waals surface area contributed by atoms with E-state index < -0.39 is 5.97 Å². The van der Waals surface area contributed by atoms with E-state index in [0.29, 0.717) is 23.3 Å². The van der Waals surface area contributed by atoms with Gasteiger partial charge in [0.1, 0.15) is 11.5 Å². The van der Waals surface area contributed by atoms with Crippen molar-refractivity contribution in [2.45, 2.75) is 20.3 Å². The van der Waals surface area contributed by atoms with Crippen LogP contribution in [0.25, 0.3) is 22.8 Å². The molecule has 0 atom stereocenters. The molecule has 0 radical (unpaired) electrons. The zero-order chi connectivity index (χ0) is 22.4. The Hall–Kier alpha value is -3.79. The molecule has 2 N–H and O–H groups in total. The number of benzene rings is 3. The third-order valence-corrected chi connectivity index (χ3v) is 4.99. The number of phenolic OH excluding ortho intramolecular Hbond substituents is 1. The number of carboxylic acids is 1. The third-order valence-electron chi connectivity index (χ3n) is 4.99. The molecule has 0 aliphatic carbocycles. The van der Waals surface area contributed by atoms with E-state index in [2.05, 4.69) is 0 Å². The number of aromatic hydroxyl groups is 1. The molecule has 0 spiro atoms. The molecule has 4 nitrogen and oxygen atoms in total. The fraction of sp³-hybridized carbons (Fsp3) is 0.148. The highest BCUT2D eigenvalue weighted by molar-refractivity contribution is 6.20. The summed E-state index contributed by atoms with van der Waals surface area (Å²) in [6, 6.07) is 20.8. The number of allylic oxidation sites excluding steroid dienone is 2. The summed E-state index contributed by atoms with van der Waals surface area (Å²) in [7, 11) is 1.51. The van der Waals surface area contributed by atoms with Crippen LogP contribution in [0.2, 0.25) is 0 Å². The van der Waals surface area contributed by atoms with Crippen LogP contribution in [0.4, 0.5) is 0 Å². The van der Waals surface area contributed by atoms with Gasteiger partial charge in [-0.1, -0.05) is 66.2 Å². The maximum atomic E-state index is 12.0. The van der Waals surface area contributed by atoms with Gasteiger partial charge in [-0.3, -0.25) is 0 Å². The van der Waals surface area contributed by atoms with E-state index in [-0.39, 0.29) is 11.3 Å². The van der Waals surface area contributed by atoms with Crippen LogP contribution in [0.3, 0.4) is 0 Å². The molecule has 3 aromatic rings. The number of phenols is 1. The zero-order valence-corrected chi connectivity index (χ0v) is 17.9. The Morgan fingerprint density at radius 1 is 0.968 bits per heavy atom. The molecule has 0 aliphatic heterocycles. The van der Waals surface area contributed by atoms with Crippen molar-refractivity contribution in [1.82, 2.24) is 0 Å². The fourth-order valence-electron chi connectivity index (χ4n) is 3.32. The Morgan fingerprint density at radius 2 is 1.61 bits per heavy atom. The normalized spacial score (nSPS) is 11.1. The van der Waals surface area contributed by atoms with E-state index in [1.807, 2.05) is 74.5 Å².